The Labute approximate surface area is 125 Å². The molecule has 1 aliphatic rings. The summed E-state index contributed by atoms with van der Waals surface area (Å²) >= 11 is 0. The van der Waals surface area contributed by atoms with Gasteiger partial charge in [-0.15, -0.1) is 0 Å². The van der Waals surface area contributed by atoms with Gasteiger partial charge in [-0.25, -0.2) is 0 Å². The monoisotopic (exact) mass is 292 g/mol. The number of carbonyl (C=O) groups is 1. The SMILES string of the molecule is Cc1ccccc1OCC(O)CNCC(=O)N1CCCC1. The van der Waals surface area contributed by atoms with Crippen LogP contribution in [0.5, 0.6) is 5.75 Å². The van der Waals surface area contributed by atoms with Crippen molar-refractivity contribution in [2.45, 2.75) is 25.9 Å². The highest BCUT2D eigenvalue weighted by atomic mass is 16.5. The number of rotatable bonds is 7. The minimum absolute atomic E-state index is 0.111. The molecule has 1 heterocycles. The molecule has 0 aromatic heterocycles. The molecule has 116 valence electrons. The molecule has 1 fully saturated rings. The molecule has 1 saturated heterocycles. The van der Waals surface area contributed by atoms with Gasteiger partial charge in [0.2, 0.25) is 5.91 Å². The van der Waals surface area contributed by atoms with Crippen LogP contribution in [0.2, 0.25) is 0 Å². The molecule has 0 spiro atoms. The smallest absolute Gasteiger partial charge is 0.236 e. The fourth-order valence-corrected chi connectivity index (χ4v) is 2.39. The van der Waals surface area contributed by atoms with Crippen molar-refractivity contribution >= 4 is 5.91 Å². The number of benzene rings is 1. The maximum absolute atomic E-state index is 11.8. The molecule has 0 radical (unpaired) electrons. The van der Waals surface area contributed by atoms with Gasteiger partial charge in [-0.3, -0.25) is 4.79 Å². The van der Waals surface area contributed by atoms with E-state index in [9.17, 15) is 9.90 Å². The molecule has 1 amide bonds. The van der Waals surface area contributed by atoms with Crippen LogP contribution in [0.1, 0.15) is 18.4 Å². The van der Waals surface area contributed by atoms with E-state index in [0.717, 1.165) is 37.2 Å². The third kappa shape index (κ3) is 5.02. The Balaban J connectivity index is 1.62. The number of para-hydroxylation sites is 1. The minimum atomic E-state index is -0.629. The van der Waals surface area contributed by atoms with Crippen LogP contribution in [-0.4, -0.2) is 54.8 Å². The number of aliphatic hydroxyl groups is 1. The third-order valence-electron chi connectivity index (χ3n) is 3.64. The molecule has 0 saturated carbocycles. The Morgan fingerprint density at radius 1 is 1.38 bits per heavy atom. The highest BCUT2D eigenvalue weighted by Crippen LogP contribution is 2.16. The van der Waals surface area contributed by atoms with Crippen LogP contribution in [0.4, 0.5) is 0 Å². The largest absolute Gasteiger partial charge is 0.491 e. The number of ether oxygens (including phenoxy) is 1. The molecule has 1 aromatic rings. The van der Waals surface area contributed by atoms with E-state index in [4.69, 9.17) is 4.74 Å². The maximum Gasteiger partial charge on any atom is 0.236 e. The third-order valence-corrected chi connectivity index (χ3v) is 3.64. The summed E-state index contributed by atoms with van der Waals surface area (Å²) in [5.74, 6) is 0.893. The van der Waals surface area contributed by atoms with E-state index in [1.54, 1.807) is 0 Å². The fraction of sp³-hybridized carbons (Fsp3) is 0.562. The van der Waals surface area contributed by atoms with Gasteiger partial charge in [-0.05, 0) is 31.4 Å². The average molecular weight is 292 g/mol. The highest BCUT2D eigenvalue weighted by molar-refractivity contribution is 5.78. The normalized spacial score (nSPS) is 16.0. The van der Waals surface area contributed by atoms with E-state index in [0.29, 0.717) is 6.54 Å². The van der Waals surface area contributed by atoms with E-state index in [1.807, 2.05) is 36.1 Å². The molecule has 2 N–H and O–H groups in total. The van der Waals surface area contributed by atoms with Crippen LogP contribution in [0, 0.1) is 6.92 Å². The molecule has 0 aliphatic carbocycles. The van der Waals surface area contributed by atoms with Crippen LogP contribution in [0.3, 0.4) is 0 Å². The fourth-order valence-electron chi connectivity index (χ4n) is 2.39. The number of aryl methyl sites for hydroxylation is 1. The predicted octanol–water partition coefficient (Wildman–Crippen LogP) is 0.947. The summed E-state index contributed by atoms with van der Waals surface area (Å²) in [6.45, 7) is 4.54. The zero-order chi connectivity index (χ0) is 15.1. The molecule has 5 heteroatoms. The van der Waals surface area contributed by atoms with Crippen LogP contribution in [-0.2, 0) is 4.79 Å². The van der Waals surface area contributed by atoms with Crippen LogP contribution in [0.15, 0.2) is 24.3 Å². The lowest BCUT2D eigenvalue weighted by Gasteiger charge is -2.17. The first-order chi connectivity index (χ1) is 10.2. The Morgan fingerprint density at radius 3 is 2.81 bits per heavy atom. The van der Waals surface area contributed by atoms with E-state index in [2.05, 4.69) is 5.32 Å². The summed E-state index contributed by atoms with van der Waals surface area (Å²) in [5.41, 5.74) is 1.04. The zero-order valence-corrected chi connectivity index (χ0v) is 12.5. The summed E-state index contributed by atoms with van der Waals surface area (Å²) in [7, 11) is 0. The van der Waals surface area contributed by atoms with Gasteiger partial charge in [0, 0.05) is 19.6 Å². The Morgan fingerprint density at radius 2 is 2.10 bits per heavy atom. The Kier molecular flexibility index (Phi) is 6.02. The number of nitrogens with one attached hydrogen (secondary N) is 1. The number of amides is 1. The van der Waals surface area contributed by atoms with Crippen LogP contribution in [0.25, 0.3) is 0 Å². The van der Waals surface area contributed by atoms with Crippen molar-refractivity contribution in [3.63, 3.8) is 0 Å². The van der Waals surface area contributed by atoms with Gasteiger partial charge in [0.25, 0.3) is 0 Å². The second-order valence-corrected chi connectivity index (χ2v) is 5.45. The van der Waals surface area contributed by atoms with Crippen molar-refractivity contribution in [2.75, 3.05) is 32.8 Å². The Bertz CT molecular complexity index is 459. The molecule has 1 aliphatic heterocycles. The quantitative estimate of drug-likeness (QED) is 0.785. The van der Waals surface area contributed by atoms with Gasteiger partial charge in [0.05, 0.1) is 6.54 Å². The summed E-state index contributed by atoms with van der Waals surface area (Å²) in [6.07, 6.45) is 1.56. The molecular formula is C16H24N2O3. The second kappa shape index (κ2) is 8.00. The topological polar surface area (TPSA) is 61.8 Å². The second-order valence-electron chi connectivity index (χ2n) is 5.45. The van der Waals surface area contributed by atoms with Gasteiger partial charge in [0.1, 0.15) is 18.5 Å². The molecule has 1 atom stereocenters. The standard InChI is InChI=1S/C16H24N2O3/c1-13-6-2-3-7-15(13)21-12-14(19)10-17-11-16(20)18-8-4-5-9-18/h2-3,6-7,14,17,19H,4-5,8-12H2,1H3. The first kappa shape index (κ1) is 15.8. The van der Waals surface area contributed by atoms with Crippen molar-refractivity contribution in [1.82, 2.24) is 10.2 Å². The minimum Gasteiger partial charge on any atom is -0.491 e. The first-order valence-corrected chi connectivity index (χ1v) is 7.52. The van der Waals surface area contributed by atoms with Crippen LogP contribution < -0.4 is 10.1 Å². The van der Waals surface area contributed by atoms with Gasteiger partial charge < -0.3 is 20.1 Å². The summed E-state index contributed by atoms with van der Waals surface area (Å²) in [6, 6.07) is 7.70. The van der Waals surface area contributed by atoms with Crippen molar-refractivity contribution in [1.29, 1.82) is 0 Å². The lowest BCUT2D eigenvalue weighted by molar-refractivity contribution is -0.129. The zero-order valence-electron chi connectivity index (χ0n) is 12.5. The van der Waals surface area contributed by atoms with E-state index >= 15 is 0 Å². The molecule has 1 unspecified atom stereocenters. The van der Waals surface area contributed by atoms with Crippen molar-refractivity contribution in [3.05, 3.63) is 29.8 Å². The number of nitrogens with zero attached hydrogens (tertiary/aromatic N) is 1. The van der Waals surface area contributed by atoms with Crippen molar-refractivity contribution < 1.29 is 14.6 Å². The number of hydrogen-bond acceptors (Lipinski definition) is 4. The van der Waals surface area contributed by atoms with Crippen molar-refractivity contribution in [2.24, 2.45) is 0 Å². The molecule has 21 heavy (non-hydrogen) atoms. The summed E-state index contributed by atoms with van der Waals surface area (Å²) in [5, 5.41) is 12.9. The molecule has 2 rings (SSSR count). The number of carbonyl (C=O) groups excluding carboxylic acids is 1. The van der Waals surface area contributed by atoms with Crippen LogP contribution >= 0.6 is 0 Å². The number of aliphatic hydroxyl groups excluding tert-OH is 1. The van der Waals surface area contributed by atoms with Crippen molar-refractivity contribution in [3.8, 4) is 5.75 Å². The lowest BCUT2D eigenvalue weighted by atomic mass is 10.2. The van der Waals surface area contributed by atoms with Gasteiger partial charge in [-0.1, -0.05) is 18.2 Å². The molecule has 5 nitrogen and oxygen atoms in total. The highest BCUT2D eigenvalue weighted by Gasteiger charge is 2.17. The average Bonchev–Trinajstić information content (AvgIpc) is 3.00. The van der Waals surface area contributed by atoms with E-state index in [-0.39, 0.29) is 19.1 Å². The van der Waals surface area contributed by atoms with Gasteiger partial charge in [-0.2, -0.15) is 0 Å². The molecular weight excluding hydrogens is 268 g/mol. The predicted molar refractivity (Wildman–Crippen MR) is 81.4 cm³/mol. The van der Waals surface area contributed by atoms with E-state index < -0.39 is 6.10 Å². The summed E-state index contributed by atoms with van der Waals surface area (Å²) < 4.78 is 5.57. The van der Waals surface area contributed by atoms with E-state index in [1.165, 1.54) is 0 Å². The lowest BCUT2D eigenvalue weighted by Crippen LogP contribution is -2.40. The van der Waals surface area contributed by atoms with Gasteiger partial charge in [0.15, 0.2) is 0 Å². The molecule has 0 bridgehead atoms. The number of hydrogen-bond donors (Lipinski definition) is 2. The summed E-state index contributed by atoms with van der Waals surface area (Å²) in [4.78, 5) is 13.7. The number of likely N-dealkylation sites (tertiary alicyclic amines) is 1. The maximum atomic E-state index is 11.8. The molecule has 1 aromatic carbocycles. The first-order valence-electron chi connectivity index (χ1n) is 7.52. The Hall–Kier alpha value is -1.59. The van der Waals surface area contributed by atoms with Gasteiger partial charge >= 0.3 is 0 Å².